The quantitative estimate of drug-likeness (QED) is 0.463. The maximum absolute atomic E-state index is 15.5. The summed E-state index contributed by atoms with van der Waals surface area (Å²) in [5.74, 6) is -2.87. The van der Waals surface area contributed by atoms with Crippen LogP contribution in [0.3, 0.4) is 0 Å². The molecule has 4 rings (SSSR count). The SMILES string of the molecule is CC1Cc2cc3oncc3cc2C(C2=C=C(F)C=C(/C=C/C(=O)O)C=C2F)N1CC(C)(C)F. The number of aliphatic carboxylic acids is 1. The van der Waals surface area contributed by atoms with Crippen LogP contribution >= 0.6 is 0 Å². The number of nitrogens with zero attached hydrogens (tertiary/aromatic N) is 2. The Hall–Kier alpha value is -3.35. The third-order valence-electron chi connectivity index (χ3n) is 5.67. The Bertz CT molecular complexity index is 1270. The van der Waals surface area contributed by atoms with Crippen LogP contribution in [0.1, 0.15) is 37.9 Å². The molecule has 1 aliphatic heterocycles. The van der Waals surface area contributed by atoms with Crippen molar-refractivity contribution in [2.75, 3.05) is 6.54 Å². The summed E-state index contributed by atoms with van der Waals surface area (Å²) in [6.07, 6.45) is 6.07. The molecule has 0 amide bonds. The Morgan fingerprint density at radius 2 is 2.12 bits per heavy atom. The molecule has 2 aliphatic rings. The fourth-order valence-electron chi connectivity index (χ4n) is 4.38. The molecule has 1 N–H and O–H groups in total. The zero-order valence-corrected chi connectivity index (χ0v) is 18.4. The van der Waals surface area contributed by atoms with Gasteiger partial charge in [0.1, 0.15) is 11.5 Å². The average Bonchev–Trinajstić information content (AvgIpc) is 3.10. The van der Waals surface area contributed by atoms with Crippen LogP contribution in [0, 0.1) is 0 Å². The van der Waals surface area contributed by atoms with Gasteiger partial charge in [-0.2, -0.15) is 4.39 Å². The molecule has 0 saturated heterocycles. The summed E-state index contributed by atoms with van der Waals surface area (Å²) in [5, 5.41) is 13.4. The molecule has 2 heterocycles. The Morgan fingerprint density at radius 3 is 2.82 bits per heavy atom. The van der Waals surface area contributed by atoms with Crippen LogP contribution in [0.5, 0.6) is 0 Å². The van der Waals surface area contributed by atoms with Gasteiger partial charge < -0.3 is 9.63 Å². The van der Waals surface area contributed by atoms with Crippen molar-refractivity contribution in [2.45, 2.75) is 44.9 Å². The lowest BCUT2D eigenvalue weighted by Gasteiger charge is -2.44. The van der Waals surface area contributed by atoms with E-state index in [1.165, 1.54) is 20.0 Å². The van der Waals surface area contributed by atoms with Crippen LogP contribution in [-0.4, -0.2) is 39.4 Å². The molecule has 0 spiro atoms. The van der Waals surface area contributed by atoms with Crippen LogP contribution < -0.4 is 0 Å². The summed E-state index contributed by atoms with van der Waals surface area (Å²) < 4.78 is 50.3. The fraction of sp³-hybridized carbons (Fsp3) is 0.320. The highest BCUT2D eigenvalue weighted by Gasteiger charge is 2.39. The number of halogens is 3. The molecule has 2 unspecified atom stereocenters. The number of alkyl halides is 1. The van der Waals surface area contributed by atoms with Gasteiger partial charge in [-0.15, -0.1) is 0 Å². The highest BCUT2D eigenvalue weighted by Crippen LogP contribution is 2.43. The molecule has 0 fully saturated rings. The molecule has 172 valence electrons. The third-order valence-corrected chi connectivity index (χ3v) is 5.67. The summed E-state index contributed by atoms with van der Waals surface area (Å²) >= 11 is 0. The monoisotopic (exact) mass is 456 g/mol. The van der Waals surface area contributed by atoms with Gasteiger partial charge in [0.15, 0.2) is 11.4 Å². The molecule has 0 saturated carbocycles. The summed E-state index contributed by atoms with van der Waals surface area (Å²) in [7, 11) is 0. The lowest BCUT2D eigenvalue weighted by molar-refractivity contribution is -0.131. The minimum Gasteiger partial charge on any atom is -0.478 e. The molecule has 2 atom stereocenters. The van der Waals surface area contributed by atoms with Gasteiger partial charge in [0, 0.05) is 24.0 Å². The predicted octanol–water partition coefficient (Wildman–Crippen LogP) is 5.68. The second kappa shape index (κ2) is 8.54. The van der Waals surface area contributed by atoms with Crippen LogP contribution in [0.15, 0.2) is 75.7 Å². The first kappa shape index (κ1) is 22.8. The first-order chi connectivity index (χ1) is 15.5. The molecule has 5 nitrogen and oxygen atoms in total. The zero-order valence-electron chi connectivity index (χ0n) is 18.4. The fourth-order valence-corrected chi connectivity index (χ4v) is 4.38. The number of fused-ring (bicyclic) bond motifs is 2. The van der Waals surface area contributed by atoms with Crippen molar-refractivity contribution in [1.29, 1.82) is 0 Å². The molecule has 1 aromatic carbocycles. The van der Waals surface area contributed by atoms with Crippen molar-refractivity contribution in [1.82, 2.24) is 10.1 Å². The van der Waals surface area contributed by atoms with Crippen molar-refractivity contribution >= 4 is 16.9 Å². The van der Waals surface area contributed by atoms with Crippen molar-refractivity contribution in [2.24, 2.45) is 0 Å². The first-order valence-corrected chi connectivity index (χ1v) is 10.5. The van der Waals surface area contributed by atoms with Crippen LogP contribution in [0.2, 0.25) is 0 Å². The molecule has 1 aliphatic carbocycles. The van der Waals surface area contributed by atoms with Gasteiger partial charge in [-0.1, -0.05) is 10.9 Å². The molecule has 0 radical (unpaired) electrons. The topological polar surface area (TPSA) is 66.6 Å². The van der Waals surface area contributed by atoms with Gasteiger partial charge in [0.05, 0.1) is 17.8 Å². The Balaban J connectivity index is 1.89. The van der Waals surface area contributed by atoms with Gasteiger partial charge >= 0.3 is 5.97 Å². The average molecular weight is 456 g/mol. The van der Waals surface area contributed by atoms with Gasteiger partial charge in [0.25, 0.3) is 0 Å². The third kappa shape index (κ3) is 4.87. The number of carboxylic acids is 1. The summed E-state index contributed by atoms with van der Waals surface area (Å²) in [6, 6.07) is 2.62. The number of aromatic nitrogens is 1. The maximum Gasteiger partial charge on any atom is 0.328 e. The van der Waals surface area contributed by atoms with E-state index in [-0.39, 0.29) is 23.7 Å². The number of benzene rings is 1. The van der Waals surface area contributed by atoms with E-state index in [2.05, 4.69) is 10.9 Å². The molecule has 2 aromatic rings. The number of allylic oxidation sites excluding steroid dienone is 4. The molecule has 1 aromatic heterocycles. The summed E-state index contributed by atoms with van der Waals surface area (Å²) in [6.45, 7) is 4.77. The van der Waals surface area contributed by atoms with Crippen LogP contribution in [0.4, 0.5) is 13.2 Å². The molecular formula is C25H23F3N2O3. The number of rotatable bonds is 5. The predicted molar refractivity (Wildman–Crippen MR) is 118 cm³/mol. The molecule has 33 heavy (non-hydrogen) atoms. The van der Waals surface area contributed by atoms with Crippen LogP contribution in [0.25, 0.3) is 11.0 Å². The standard InChI is InChI=1S/C25H23F3N2O3/c1-14-6-16-10-22-17(12-29-33-22)9-19(16)24(30(14)13-25(2,3)28)20-11-18(26)7-15(8-21(20)27)4-5-23(31)32/h4-5,7-10,12,14,24H,6,13H2,1-3H3,(H,31,32)/b5-4+. The highest BCUT2D eigenvalue weighted by molar-refractivity contribution is 5.81. The minimum atomic E-state index is -1.59. The lowest BCUT2D eigenvalue weighted by Crippen LogP contribution is -2.48. The smallest absolute Gasteiger partial charge is 0.328 e. The second-order valence-corrected chi connectivity index (χ2v) is 8.96. The number of hydrogen-bond acceptors (Lipinski definition) is 4. The van der Waals surface area contributed by atoms with Gasteiger partial charge in [-0.3, -0.25) is 4.90 Å². The van der Waals surface area contributed by atoms with E-state index in [9.17, 15) is 13.6 Å². The van der Waals surface area contributed by atoms with Gasteiger partial charge in [-0.05, 0) is 74.3 Å². The van der Waals surface area contributed by atoms with E-state index >= 15 is 4.39 Å². The van der Waals surface area contributed by atoms with Gasteiger partial charge in [0.2, 0.25) is 0 Å². The largest absolute Gasteiger partial charge is 0.478 e. The van der Waals surface area contributed by atoms with E-state index in [1.807, 2.05) is 17.9 Å². The summed E-state index contributed by atoms with van der Waals surface area (Å²) in [4.78, 5) is 12.6. The lowest BCUT2D eigenvalue weighted by atomic mass is 9.83. The molecular weight excluding hydrogens is 433 g/mol. The maximum atomic E-state index is 15.5. The number of hydrogen-bond donors (Lipinski definition) is 1. The van der Waals surface area contributed by atoms with E-state index in [4.69, 9.17) is 9.63 Å². The minimum absolute atomic E-state index is 0.0147. The van der Waals surface area contributed by atoms with E-state index < -0.39 is 29.3 Å². The Kier molecular flexibility index (Phi) is 5.91. The first-order valence-electron chi connectivity index (χ1n) is 10.5. The van der Waals surface area contributed by atoms with Crippen molar-refractivity contribution in [3.63, 3.8) is 0 Å². The highest BCUT2D eigenvalue weighted by atomic mass is 19.1. The Labute approximate surface area is 188 Å². The second-order valence-electron chi connectivity index (χ2n) is 8.96. The molecule has 0 bridgehead atoms. The Morgan fingerprint density at radius 1 is 1.36 bits per heavy atom. The van der Waals surface area contributed by atoms with E-state index in [0.717, 1.165) is 29.9 Å². The van der Waals surface area contributed by atoms with Crippen molar-refractivity contribution in [3.8, 4) is 0 Å². The van der Waals surface area contributed by atoms with Crippen LogP contribution in [-0.2, 0) is 11.2 Å². The molecule has 8 heteroatoms. The van der Waals surface area contributed by atoms with Crippen molar-refractivity contribution in [3.05, 3.63) is 82.3 Å². The zero-order chi connectivity index (χ0) is 23.9. The van der Waals surface area contributed by atoms with E-state index in [1.54, 1.807) is 6.07 Å². The van der Waals surface area contributed by atoms with E-state index in [0.29, 0.717) is 23.0 Å². The number of carboxylic acid groups (broad SMARTS) is 1. The van der Waals surface area contributed by atoms with Crippen molar-refractivity contribution < 1.29 is 27.6 Å². The summed E-state index contributed by atoms with van der Waals surface area (Å²) in [5.41, 5.74) is 2.99. The van der Waals surface area contributed by atoms with Gasteiger partial charge in [-0.25, -0.2) is 13.6 Å². The normalized spacial score (nSPS) is 21.9. The number of carbonyl (C=O) groups is 1.